The molecule has 2 heteroatoms. The Balaban J connectivity index is 1.16. The summed E-state index contributed by atoms with van der Waals surface area (Å²) in [6.45, 7) is 0. The number of anilines is 3. The molecule has 8 aromatic carbocycles. The van der Waals surface area contributed by atoms with E-state index in [0.717, 1.165) is 17.1 Å². The number of hydrogen-bond donors (Lipinski definition) is 0. The lowest BCUT2D eigenvalue weighted by Gasteiger charge is -2.26. The van der Waals surface area contributed by atoms with Gasteiger partial charge < -0.3 is 9.47 Å². The lowest BCUT2D eigenvalue weighted by molar-refractivity contribution is 1.18. The minimum Gasteiger partial charge on any atom is -0.310 e. The first-order valence-corrected chi connectivity index (χ1v) is 16.4. The molecular weight excluding hydrogens is 581 g/mol. The van der Waals surface area contributed by atoms with Crippen LogP contribution in [0.2, 0.25) is 0 Å². The number of rotatable bonds is 6. The fourth-order valence-corrected chi connectivity index (χ4v) is 7.08. The zero-order valence-electron chi connectivity index (χ0n) is 26.4. The van der Waals surface area contributed by atoms with Gasteiger partial charge in [-0.3, -0.25) is 0 Å². The van der Waals surface area contributed by atoms with E-state index in [1.807, 2.05) is 0 Å². The highest BCUT2D eigenvalue weighted by molar-refractivity contribution is 6.09. The highest BCUT2D eigenvalue weighted by Crippen LogP contribution is 2.40. The van der Waals surface area contributed by atoms with E-state index < -0.39 is 0 Å². The third-order valence-corrected chi connectivity index (χ3v) is 9.39. The third kappa shape index (κ3) is 4.83. The molecule has 226 valence electrons. The molecule has 0 saturated heterocycles. The third-order valence-electron chi connectivity index (χ3n) is 9.39. The van der Waals surface area contributed by atoms with E-state index in [2.05, 4.69) is 204 Å². The van der Waals surface area contributed by atoms with E-state index in [9.17, 15) is 0 Å². The number of aromatic nitrogens is 1. The molecule has 0 bridgehead atoms. The predicted octanol–water partition coefficient (Wildman–Crippen LogP) is 12.7. The largest absolute Gasteiger partial charge is 0.310 e. The van der Waals surface area contributed by atoms with Crippen LogP contribution in [-0.2, 0) is 0 Å². The molecular formula is C46H32N2. The number of nitrogens with zero attached hydrogens (tertiary/aromatic N) is 2. The summed E-state index contributed by atoms with van der Waals surface area (Å²) in [7, 11) is 0. The van der Waals surface area contributed by atoms with Gasteiger partial charge in [0.15, 0.2) is 0 Å². The molecule has 0 atom stereocenters. The standard InChI is InChI=1S/C46H32N2/c1-2-12-33(13-3-1)35-22-27-38(28-23-35)47(40-31-24-34-14-4-5-15-37(34)32-40)39-29-25-36(26-30-39)41-16-6-9-19-44(41)48-45-20-10-7-17-42(45)43-18-8-11-21-46(43)48/h1-32H. The van der Waals surface area contributed by atoms with Crippen molar-refractivity contribution < 1.29 is 0 Å². The highest BCUT2D eigenvalue weighted by Gasteiger charge is 2.17. The first-order chi connectivity index (χ1) is 23.8. The van der Waals surface area contributed by atoms with Gasteiger partial charge in [-0.1, -0.05) is 140 Å². The SMILES string of the molecule is c1ccc(-c2ccc(N(c3ccc(-c4ccccc4-n4c5ccccc5c5ccccc54)cc3)c3ccc4ccccc4c3)cc2)cc1. The van der Waals surface area contributed by atoms with Gasteiger partial charge in [-0.15, -0.1) is 0 Å². The van der Waals surface area contributed by atoms with Crippen LogP contribution in [0, 0.1) is 0 Å². The summed E-state index contributed by atoms with van der Waals surface area (Å²) >= 11 is 0. The Kier molecular flexibility index (Phi) is 6.84. The van der Waals surface area contributed by atoms with Gasteiger partial charge in [-0.25, -0.2) is 0 Å². The Morgan fingerprint density at radius 1 is 0.333 bits per heavy atom. The second-order valence-corrected chi connectivity index (χ2v) is 12.2. The molecule has 0 aliphatic heterocycles. The quantitative estimate of drug-likeness (QED) is 0.181. The van der Waals surface area contributed by atoms with Crippen LogP contribution >= 0.6 is 0 Å². The summed E-state index contributed by atoms with van der Waals surface area (Å²) < 4.78 is 2.41. The zero-order chi connectivity index (χ0) is 31.9. The fourth-order valence-electron chi connectivity index (χ4n) is 7.08. The van der Waals surface area contributed by atoms with Gasteiger partial charge >= 0.3 is 0 Å². The normalized spacial score (nSPS) is 11.3. The van der Waals surface area contributed by atoms with Gasteiger partial charge in [0.25, 0.3) is 0 Å². The maximum atomic E-state index is 2.41. The van der Waals surface area contributed by atoms with Crippen LogP contribution in [0.4, 0.5) is 17.1 Å². The van der Waals surface area contributed by atoms with Crippen molar-refractivity contribution in [2.45, 2.75) is 0 Å². The molecule has 9 aromatic rings. The molecule has 0 saturated carbocycles. The smallest absolute Gasteiger partial charge is 0.0541 e. The van der Waals surface area contributed by atoms with Gasteiger partial charge in [-0.2, -0.15) is 0 Å². The summed E-state index contributed by atoms with van der Waals surface area (Å²) in [5, 5.41) is 4.99. The van der Waals surface area contributed by atoms with Crippen molar-refractivity contribution in [1.29, 1.82) is 0 Å². The van der Waals surface area contributed by atoms with Gasteiger partial charge in [-0.05, 0) is 82.1 Å². The van der Waals surface area contributed by atoms with Crippen LogP contribution in [0.5, 0.6) is 0 Å². The highest BCUT2D eigenvalue weighted by atomic mass is 15.1. The molecule has 0 aliphatic rings. The van der Waals surface area contributed by atoms with E-state index in [1.165, 1.54) is 60.5 Å². The summed E-state index contributed by atoms with van der Waals surface area (Å²) in [6.07, 6.45) is 0. The molecule has 0 spiro atoms. The maximum absolute atomic E-state index is 2.41. The van der Waals surface area contributed by atoms with Crippen molar-refractivity contribution in [1.82, 2.24) is 4.57 Å². The number of para-hydroxylation sites is 3. The van der Waals surface area contributed by atoms with Gasteiger partial charge in [0.05, 0.1) is 16.7 Å². The number of benzene rings is 8. The number of hydrogen-bond acceptors (Lipinski definition) is 1. The average Bonchev–Trinajstić information content (AvgIpc) is 3.50. The Morgan fingerprint density at radius 2 is 0.833 bits per heavy atom. The lowest BCUT2D eigenvalue weighted by Crippen LogP contribution is -2.10. The molecule has 0 radical (unpaired) electrons. The summed E-state index contributed by atoms with van der Waals surface area (Å²) in [6, 6.07) is 69.9. The van der Waals surface area contributed by atoms with Gasteiger partial charge in [0.1, 0.15) is 0 Å². The molecule has 0 unspecified atom stereocenters. The van der Waals surface area contributed by atoms with E-state index in [1.54, 1.807) is 0 Å². The first-order valence-electron chi connectivity index (χ1n) is 16.4. The molecule has 0 fully saturated rings. The van der Waals surface area contributed by atoms with Crippen molar-refractivity contribution >= 4 is 49.6 Å². The Hall–Kier alpha value is -6.38. The van der Waals surface area contributed by atoms with Crippen LogP contribution in [0.15, 0.2) is 194 Å². The second kappa shape index (κ2) is 11.8. The second-order valence-electron chi connectivity index (χ2n) is 12.2. The van der Waals surface area contributed by atoms with Crippen LogP contribution < -0.4 is 4.90 Å². The molecule has 0 aliphatic carbocycles. The van der Waals surface area contributed by atoms with Gasteiger partial charge in [0.2, 0.25) is 0 Å². The molecule has 0 N–H and O–H groups in total. The van der Waals surface area contributed by atoms with Crippen LogP contribution in [0.3, 0.4) is 0 Å². The van der Waals surface area contributed by atoms with Crippen molar-refractivity contribution in [2.75, 3.05) is 4.90 Å². The Morgan fingerprint density at radius 3 is 1.52 bits per heavy atom. The van der Waals surface area contributed by atoms with E-state index in [0.29, 0.717) is 0 Å². The lowest BCUT2D eigenvalue weighted by atomic mass is 10.0. The van der Waals surface area contributed by atoms with Crippen LogP contribution in [0.1, 0.15) is 0 Å². The fraction of sp³-hybridized carbons (Fsp3) is 0. The van der Waals surface area contributed by atoms with Crippen molar-refractivity contribution in [3.8, 4) is 27.9 Å². The molecule has 0 amide bonds. The first kappa shape index (κ1) is 27.9. The molecule has 1 heterocycles. The molecule has 9 rings (SSSR count). The Bertz CT molecular complexity index is 2490. The predicted molar refractivity (Wildman–Crippen MR) is 204 cm³/mol. The van der Waals surface area contributed by atoms with Crippen molar-refractivity contribution in [2.24, 2.45) is 0 Å². The summed E-state index contributed by atoms with van der Waals surface area (Å²) in [5.41, 5.74) is 11.7. The van der Waals surface area contributed by atoms with E-state index in [-0.39, 0.29) is 0 Å². The van der Waals surface area contributed by atoms with Gasteiger partial charge in [0, 0.05) is 33.4 Å². The zero-order valence-corrected chi connectivity index (χ0v) is 26.4. The van der Waals surface area contributed by atoms with Crippen LogP contribution in [0.25, 0.3) is 60.5 Å². The number of fused-ring (bicyclic) bond motifs is 4. The molecule has 1 aromatic heterocycles. The van der Waals surface area contributed by atoms with Crippen molar-refractivity contribution in [3.63, 3.8) is 0 Å². The topological polar surface area (TPSA) is 8.17 Å². The molecule has 48 heavy (non-hydrogen) atoms. The maximum Gasteiger partial charge on any atom is 0.0541 e. The monoisotopic (exact) mass is 612 g/mol. The van der Waals surface area contributed by atoms with Crippen LogP contribution in [-0.4, -0.2) is 4.57 Å². The van der Waals surface area contributed by atoms with Crippen molar-refractivity contribution in [3.05, 3.63) is 194 Å². The van der Waals surface area contributed by atoms with E-state index >= 15 is 0 Å². The minimum atomic E-state index is 1.11. The average molecular weight is 613 g/mol. The minimum absolute atomic E-state index is 1.11. The molecule has 2 nitrogen and oxygen atoms in total. The summed E-state index contributed by atoms with van der Waals surface area (Å²) in [5.74, 6) is 0. The Labute approximate surface area is 280 Å². The van der Waals surface area contributed by atoms with E-state index in [4.69, 9.17) is 0 Å². The summed E-state index contributed by atoms with van der Waals surface area (Å²) in [4.78, 5) is 2.35.